The van der Waals surface area contributed by atoms with Gasteiger partial charge in [0.15, 0.2) is 0 Å². The molecule has 150 valence electrons. The maximum absolute atomic E-state index is 14.6. The van der Waals surface area contributed by atoms with Crippen LogP contribution in [0, 0.1) is 17.6 Å². The minimum atomic E-state index is -0.859. The van der Waals surface area contributed by atoms with E-state index in [0.29, 0.717) is 43.0 Å². The molecule has 0 spiro atoms. The van der Waals surface area contributed by atoms with E-state index in [9.17, 15) is 18.4 Å². The van der Waals surface area contributed by atoms with Gasteiger partial charge in [0, 0.05) is 42.5 Å². The van der Waals surface area contributed by atoms with Crippen LogP contribution in [0.4, 0.5) is 25.8 Å². The SMILES string of the molecule is NC(=O)C1CCN(c2ccc(N=CC3C(=O)Nc4cccc(F)c43)cc2F)CC1. The highest BCUT2D eigenvalue weighted by Gasteiger charge is 2.32. The van der Waals surface area contributed by atoms with Crippen molar-refractivity contribution < 1.29 is 18.4 Å². The lowest BCUT2D eigenvalue weighted by Crippen LogP contribution is -2.38. The minimum Gasteiger partial charge on any atom is -0.369 e. The first-order chi connectivity index (χ1) is 13.9. The van der Waals surface area contributed by atoms with Gasteiger partial charge in [-0.3, -0.25) is 14.6 Å². The predicted octanol–water partition coefficient (Wildman–Crippen LogP) is 3.10. The Morgan fingerprint density at radius 1 is 1.17 bits per heavy atom. The Labute approximate surface area is 166 Å². The maximum atomic E-state index is 14.6. The number of carbonyl (C=O) groups excluding carboxylic acids is 2. The van der Waals surface area contributed by atoms with Gasteiger partial charge in [0.25, 0.3) is 0 Å². The molecule has 2 amide bonds. The molecule has 2 aromatic rings. The van der Waals surface area contributed by atoms with Crippen molar-refractivity contribution in [3.05, 3.63) is 53.6 Å². The van der Waals surface area contributed by atoms with Gasteiger partial charge in [-0.1, -0.05) is 6.07 Å². The number of carbonyl (C=O) groups is 2. The second kappa shape index (κ2) is 7.62. The van der Waals surface area contributed by atoms with Crippen LogP contribution in [0.1, 0.15) is 24.3 Å². The first-order valence-electron chi connectivity index (χ1n) is 9.41. The number of aliphatic imine (C=N–C) groups is 1. The molecule has 0 aliphatic carbocycles. The third kappa shape index (κ3) is 3.70. The number of anilines is 2. The van der Waals surface area contributed by atoms with E-state index in [0.717, 1.165) is 0 Å². The average molecular weight is 398 g/mol. The van der Waals surface area contributed by atoms with Crippen molar-refractivity contribution in [1.29, 1.82) is 0 Å². The van der Waals surface area contributed by atoms with Gasteiger partial charge >= 0.3 is 0 Å². The van der Waals surface area contributed by atoms with Gasteiger partial charge in [-0.15, -0.1) is 0 Å². The molecule has 1 saturated heterocycles. The molecule has 6 nitrogen and oxygen atoms in total. The van der Waals surface area contributed by atoms with Crippen LogP contribution in [-0.2, 0) is 9.59 Å². The summed E-state index contributed by atoms with van der Waals surface area (Å²) in [5, 5.41) is 2.62. The molecule has 1 fully saturated rings. The molecular weight excluding hydrogens is 378 g/mol. The van der Waals surface area contributed by atoms with Crippen LogP contribution in [0.15, 0.2) is 41.4 Å². The van der Waals surface area contributed by atoms with Gasteiger partial charge in [-0.05, 0) is 37.1 Å². The van der Waals surface area contributed by atoms with Gasteiger partial charge in [0.05, 0.1) is 11.4 Å². The number of nitrogens with two attached hydrogens (primary N) is 1. The van der Waals surface area contributed by atoms with Crippen molar-refractivity contribution in [1.82, 2.24) is 0 Å². The van der Waals surface area contributed by atoms with E-state index in [4.69, 9.17) is 5.73 Å². The summed E-state index contributed by atoms with van der Waals surface area (Å²) >= 11 is 0. The third-order valence-corrected chi connectivity index (χ3v) is 5.45. The van der Waals surface area contributed by atoms with Crippen molar-refractivity contribution in [2.75, 3.05) is 23.3 Å². The summed E-state index contributed by atoms with van der Waals surface area (Å²) in [7, 11) is 0. The summed E-state index contributed by atoms with van der Waals surface area (Å²) in [5.74, 6) is -2.65. The second-order valence-corrected chi connectivity index (χ2v) is 7.25. The van der Waals surface area contributed by atoms with Crippen LogP contribution < -0.4 is 16.0 Å². The first kappa shape index (κ1) is 19.0. The number of nitrogens with zero attached hydrogens (tertiary/aromatic N) is 2. The molecule has 2 heterocycles. The van der Waals surface area contributed by atoms with E-state index in [-0.39, 0.29) is 23.3 Å². The van der Waals surface area contributed by atoms with Gasteiger partial charge < -0.3 is 16.0 Å². The summed E-state index contributed by atoms with van der Waals surface area (Å²) in [6.45, 7) is 1.09. The Morgan fingerprint density at radius 3 is 2.62 bits per heavy atom. The quantitative estimate of drug-likeness (QED) is 0.776. The molecule has 0 bridgehead atoms. The lowest BCUT2D eigenvalue weighted by Gasteiger charge is -2.32. The van der Waals surface area contributed by atoms with Crippen LogP contribution in [0.25, 0.3) is 0 Å². The lowest BCUT2D eigenvalue weighted by atomic mass is 9.96. The molecule has 0 aromatic heterocycles. The molecule has 4 rings (SSSR count). The molecule has 2 aliphatic rings. The zero-order chi connectivity index (χ0) is 20.5. The number of hydrogen-bond donors (Lipinski definition) is 2. The number of piperidine rings is 1. The van der Waals surface area contributed by atoms with Crippen molar-refractivity contribution in [3.63, 3.8) is 0 Å². The van der Waals surface area contributed by atoms with E-state index in [1.54, 1.807) is 18.2 Å². The Bertz CT molecular complexity index is 1000. The fourth-order valence-electron chi connectivity index (χ4n) is 3.84. The highest BCUT2D eigenvalue weighted by Crippen LogP contribution is 2.34. The van der Waals surface area contributed by atoms with Crippen LogP contribution in [0.3, 0.4) is 0 Å². The number of amides is 2. The molecule has 2 aliphatic heterocycles. The van der Waals surface area contributed by atoms with Crippen molar-refractivity contribution in [2.24, 2.45) is 16.6 Å². The van der Waals surface area contributed by atoms with E-state index in [1.165, 1.54) is 24.4 Å². The summed E-state index contributed by atoms with van der Waals surface area (Å²) in [6, 6.07) is 8.98. The molecular formula is C21H20F2N4O2. The van der Waals surface area contributed by atoms with Crippen LogP contribution in [0.5, 0.6) is 0 Å². The molecule has 29 heavy (non-hydrogen) atoms. The summed E-state index contributed by atoms with van der Waals surface area (Å²) < 4.78 is 28.7. The smallest absolute Gasteiger partial charge is 0.237 e. The van der Waals surface area contributed by atoms with Gasteiger partial charge in [0.1, 0.15) is 17.6 Å². The molecule has 1 atom stereocenters. The summed E-state index contributed by atoms with van der Waals surface area (Å²) in [4.78, 5) is 29.5. The number of nitrogens with one attached hydrogen (secondary N) is 1. The van der Waals surface area contributed by atoms with Crippen molar-refractivity contribution in [3.8, 4) is 0 Å². The molecule has 1 unspecified atom stereocenters. The molecule has 0 radical (unpaired) electrons. The van der Waals surface area contributed by atoms with Gasteiger partial charge in [-0.25, -0.2) is 8.78 Å². The normalized spacial score (nSPS) is 19.4. The summed E-state index contributed by atoms with van der Waals surface area (Å²) in [5.41, 5.74) is 6.77. The van der Waals surface area contributed by atoms with Gasteiger partial charge in [0.2, 0.25) is 11.8 Å². The number of hydrogen-bond acceptors (Lipinski definition) is 4. The van der Waals surface area contributed by atoms with Crippen LogP contribution >= 0.6 is 0 Å². The molecule has 2 aromatic carbocycles. The minimum absolute atomic E-state index is 0.168. The Morgan fingerprint density at radius 2 is 1.93 bits per heavy atom. The average Bonchev–Trinajstić information content (AvgIpc) is 3.03. The number of benzene rings is 2. The fourth-order valence-corrected chi connectivity index (χ4v) is 3.84. The first-order valence-corrected chi connectivity index (χ1v) is 9.41. The lowest BCUT2D eigenvalue weighted by molar-refractivity contribution is -0.122. The number of fused-ring (bicyclic) bond motifs is 1. The Hall–Kier alpha value is -3.29. The predicted molar refractivity (Wildman–Crippen MR) is 106 cm³/mol. The van der Waals surface area contributed by atoms with E-state index < -0.39 is 17.6 Å². The topological polar surface area (TPSA) is 87.8 Å². The van der Waals surface area contributed by atoms with E-state index in [2.05, 4.69) is 10.3 Å². The van der Waals surface area contributed by atoms with Crippen LogP contribution in [-0.4, -0.2) is 31.1 Å². The standard InChI is InChI=1S/C21H20F2N4O2/c22-15-2-1-3-17-19(15)14(21(29)26-17)11-25-13-4-5-18(16(23)10-13)27-8-6-12(7-9-27)20(24)28/h1-5,10-12,14H,6-9H2,(H2,24,28)(H,26,29). The third-order valence-electron chi connectivity index (χ3n) is 5.45. The monoisotopic (exact) mass is 398 g/mol. The largest absolute Gasteiger partial charge is 0.369 e. The molecule has 8 heteroatoms. The fraction of sp³-hybridized carbons (Fsp3) is 0.286. The van der Waals surface area contributed by atoms with Gasteiger partial charge in [-0.2, -0.15) is 0 Å². The highest BCUT2D eigenvalue weighted by atomic mass is 19.1. The molecule has 0 saturated carbocycles. The zero-order valence-corrected chi connectivity index (χ0v) is 15.6. The maximum Gasteiger partial charge on any atom is 0.237 e. The number of rotatable bonds is 4. The van der Waals surface area contributed by atoms with E-state index in [1.807, 2.05) is 4.90 Å². The number of halogens is 2. The van der Waals surface area contributed by atoms with Crippen molar-refractivity contribution >= 4 is 35.1 Å². The zero-order valence-electron chi connectivity index (χ0n) is 15.6. The number of primary amides is 1. The molecule has 3 N–H and O–H groups in total. The second-order valence-electron chi connectivity index (χ2n) is 7.25. The Balaban J connectivity index is 1.50. The van der Waals surface area contributed by atoms with Crippen molar-refractivity contribution in [2.45, 2.75) is 18.8 Å². The van der Waals surface area contributed by atoms with Crippen LogP contribution in [0.2, 0.25) is 0 Å². The Kier molecular flexibility index (Phi) is 5.00. The van der Waals surface area contributed by atoms with E-state index >= 15 is 0 Å². The highest BCUT2D eigenvalue weighted by molar-refractivity contribution is 6.12. The summed E-state index contributed by atoms with van der Waals surface area (Å²) in [6.07, 6.45) is 2.52.